The molecule has 7 heteroatoms. The Bertz CT molecular complexity index is 717. The molecule has 7 nitrogen and oxygen atoms in total. The van der Waals surface area contributed by atoms with E-state index in [1.807, 2.05) is 29.2 Å². The highest BCUT2D eigenvalue weighted by Gasteiger charge is 2.37. The van der Waals surface area contributed by atoms with Crippen molar-refractivity contribution < 1.29 is 14.3 Å². The Balaban J connectivity index is 1.31. The Kier molecular flexibility index (Phi) is 5.71. The van der Waals surface area contributed by atoms with Gasteiger partial charge < -0.3 is 25.2 Å². The van der Waals surface area contributed by atoms with E-state index in [2.05, 4.69) is 15.5 Å². The Hall–Kier alpha value is -2.28. The first-order valence-electron chi connectivity index (χ1n) is 10.4. The molecule has 0 aromatic heterocycles. The zero-order valence-corrected chi connectivity index (χ0v) is 16.5. The predicted octanol–water partition coefficient (Wildman–Crippen LogP) is 1.13. The maximum absolute atomic E-state index is 12.8. The van der Waals surface area contributed by atoms with Crippen LogP contribution in [0, 0.1) is 0 Å². The number of benzene rings is 1. The molecular weight excluding hydrogens is 356 g/mol. The van der Waals surface area contributed by atoms with Crippen LogP contribution in [0.1, 0.15) is 32.1 Å². The quantitative estimate of drug-likeness (QED) is 0.812. The van der Waals surface area contributed by atoms with Gasteiger partial charge in [-0.15, -0.1) is 0 Å². The fraction of sp³-hybridized carbons (Fsp3) is 0.619. The molecule has 4 rings (SSSR count). The van der Waals surface area contributed by atoms with Gasteiger partial charge >= 0.3 is 0 Å². The standard InChI is InChI=1S/C21H30N4O3/c1-28-19-9-5-4-8-18(19)24-10-12-25(13-11-24)20(26)14-17-21(27)23-16-7-3-2-6-15(16)22-17/h4-5,8-9,15-17,22H,2-3,6-7,10-14H2,1H3,(H,23,27)/t15-,16-,17+/m0/s1. The number of hydrogen-bond acceptors (Lipinski definition) is 5. The van der Waals surface area contributed by atoms with Gasteiger partial charge in [0.05, 0.1) is 25.3 Å². The first-order valence-corrected chi connectivity index (χ1v) is 10.4. The molecule has 2 amide bonds. The molecule has 3 atom stereocenters. The van der Waals surface area contributed by atoms with E-state index < -0.39 is 6.04 Å². The van der Waals surface area contributed by atoms with Crippen LogP contribution in [0.15, 0.2) is 24.3 Å². The van der Waals surface area contributed by atoms with Gasteiger partial charge in [-0.25, -0.2) is 0 Å². The lowest BCUT2D eigenvalue weighted by Crippen LogP contribution is -2.65. The molecule has 1 aliphatic carbocycles. The topological polar surface area (TPSA) is 73.9 Å². The molecule has 152 valence electrons. The highest BCUT2D eigenvalue weighted by atomic mass is 16.5. The van der Waals surface area contributed by atoms with Crippen LogP contribution in [0.4, 0.5) is 5.69 Å². The summed E-state index contributed by atoms with van der Waals surface area (Å²) in [5.41, 5.74) is 1.06. The smallest absolute Gasteiger partial charge is 0.237 e. The summed E-state index contributed by atoms with van der Waals surface area (Å²) in [6.07, 6.45) is 4.71. The lowest BCUT2D eigenvalue weighted by molar-refractivity contribution is -0.136. The van der Waals surface area contributed by atoms with Crippen molar-refractivity contribution in [3.63, 3.8) is 0 Å². The van der Waals surface area contributed by atoms with E-state index in [1.165, 1.54) is 12.8 Å². The van der Waals surface area contributed by atoms with Crippen LogP contribution >= 0.6 is 0 Å². The summed E-state index contributed by atoms with van der Waals surface area (Å²) < 4.78 is 5.45. The third-order valence-corrected chi connectivity index (χ3v) is 6.26. The Morgan fingerprint density at radius 1 is 1.11 bits per heavy atom. The zero-order chi connectivity index (χ0) is 19.5. The van der Waals surface area contributed by atoms with E-state index >= 15 is 0 Å². The minimum atomic E-state index is -0.404. The van der Waals surface area contributed by atoms with Crippen LogP contribution in [0.5, 0.6) is 5.75 Å². The Morgan fingerprint density at radius 3 is 2.57 bits per heavy atom. The minimum absolute atomic E-state index is 0.0239. The van der Waals surface area contributed by atoms with E-state index in [-0.39, 0.29) is 24.3 Å². The van der Waals surface area contributed by atoms with Gasteiger partial charge in [-0.3, -0.25) is 9.59 Å². The number of hydrogen-bond donors (Lipinski definition) is 2. The first-order chi connectivity index (χ1) is 13.7. The van der Waals surface area contributed by atoms with Gasteiger partial charge in [-0.2, -0.15) is 0 Å². The van der Waals surface area contributed by atoms with Gasteiger partial charge in [0.15, 0.2) is 0 Å². The third kappa shape index (κ3) is 3.94. The van der Waals surface area contributed by atoms with Crippen molar-refractivity contribution in [3.05, 3.63) is 24.3 Å². The average molecular weight is 386 g/mol. The predicted molar refractivity (Wildman–Crippen MR) is 108 cm³/mol. The van der Waals surface area contributed by atoms with E-state index in [4.69, 9.17) is 4.74 Å². The van der Waals surface area contributed by atoms with E-state index in [1.54, 1.807) is 7.11 Å². The van der Waals surface area contributed by atoms with Gasteiger partial charge in [0.1, 0.15) is 5.75 Å². The van der Waals surface area contributed by atoms with E-state index in [0.717, 1.165) is 37.4 Å². The molecule has 3 aliphatic rings. The highest BCUT2D eigenvalue weighted by Crippen LogP contribution is 2.28. The summed E-state index contributed by atoms with van der Waals surface area (Å²) in [7, 11) is 1.68. The maximum atomic E-state index is 12.8. The molecule has 2 aliphatic heterocycles. The summed E-state index contributed by atoms with van der Waals surface area (Å²) in [5.74, 6) is 0.887. The van der Waals surface area contributed by atoms with E-state index in [0.29, 0.717) is 19.1 Å². The van der Waals surface area contributed by atoms with Crippen molar-refractivity contribution in [2.24, 2.45) is 0 Å². The van der Waals surface area contributed by atoms with Gasteiger partial charge in [0.25, 0.3) is 0 Å². The number of carbonyl (C=O) groups is 2. The zero-order valence-electron chi connectivity index (χ0n) is 16.5. The monoisotopic (exact) mass is 386 g/mol. The fourth-order valence-corrected chi connectivity index (χ4v) is 4.66. The third-order valence-electron chi connectivity index (χ3n) is 6.26. The number of anilines is 1. The Labute approximate surface area is 166 Å². The van der Waals surface area contributed by atoms with Crippen LogP contribution in [0.2, 0.25) is 0 Å². The van der Waals surface area contributed by atoms with E-state index in [9.17, 15) is 9.59 Å². The van der Waals surface area contributed by atoms with Crippen molar-refractivity contribution >= 4 is 17.5 Å². The van der Waals surface area contributed by atoms with Crippen molar-refractivity contribution in [3.8, 4) is 5.75 Å². The molecule has 1 aromatic rings. The number of methoxy groups -OCH3 is 1. The summed E-state index contributed by atoms with van der Waals surface area (Å²) in [6, 6.07) is 8.11. The second kappa shape index (κ2) is 8.39. The van der Waals surface area contributed by atoms with Crippen LogP contribution < -0.4 is 20.3 Å². The number of rotatable bonds is 4. The molecule has 0 spiro atoms. The molecule has 0 radical (unpaired) electrons. The van der Waals surface area contributed by atoms with Crippen LogP contribution in [-0.2, 0) is 9.59 Å². The fourth-order valence-electron chi connectivity index (χ4n) is 4.66. The van der Waals surface area contributed by atoms with Crippen LogP contribution in [0.3, 0.4) is 0 Å². The number of fused-ring (bicyclic) bond motifs is 1. The van der Waals surface area contributed by atoms with Gasteiger partial charge in [0.2, 0.25) is 11.8 Å². The summed E-state index contributed by atoms with van der Waals surface area (Å²) in [5, 5.41) is 6.56. The summed E-state index contributed by atoms with van der Waals surface area (Å²) in [6.45, 7) is 2.86. The molecule has 28 heavy (non-hydrogen) atoms. The average Bonchev–Trinajstić information content (AvgIpc) is 2.74. The molecule has 0 unspecified atom stereocenters. The van der Waals surface area contributed by atoms with Crippen LogP contribution in [-0.4, -0.2) is 68.1 Å². The van der Waals surface area contributed by atoms with Gasteiger partial charge in [-0.05, 0) is 25.0 Å². The molecule has 2 heterocycles. The molecule has 3 fully saturated rings. The molecule has 2 N–H and O–H groups in total. The number of nitrogens with one attached hydrogen (secondary N) is 2. The molecular formula is C21H30N4O3. The van der Waals surface area contributed by atoms with Crippen molar-refractivity contribution in [2.45, 2.75) is 50.2 Å². The lowest BCUT2D eigenvalue weighted by Gasteiger charge is -2.41. The van der Waals surface area contributed by atoms with Crippen molar-refractivity contribution in [1.29, 1.82) is 0 Å². The maximum Gasteiger partial charge on any atom is 0.237 e. The largest absolute Gasteiger partial charge is 0.495 e. The highest BCUT2D eigenvalue weighted by molar-refractivity contribution is 5.89. The summed E-state index contributed by atoms with van der Waals surface area (Å²) >= 11 is 0. The number of para-hydroxylation sites is 2. The van der Waals surface area contributed by atoms with Gasteiger partial charge in [-0.1, -0.05) is 25.0 Å². The number of amides is 2. The molecule has 1 saturated carbocycles. The molecule has 1 aromatic carbocycles. The van der Waals surface area contributed by atoms with Crippen molar-refractivity contribution in [2.75, 3.05) is 38.2 Å². The second-order valence-electron chi connectivity index (χ2n) is 7.97. The van der Waals surface area contributed by atoms with Gasteiger partial charge in [0, 0.05) is 38.3 Å². The SMILES string of the molecule is COc1ccccc1N1CCN(C(=O)C[C@H]2N[C@H]3CCCC[C@@H]3NC2=O)CC1. The normalized spacial score (nSPS) is 27.8. The Morgan fingerprint density at radius 2 is 1.82 bits per heavy atom. The number of nitrogens with zero attached hydrogens (tertiary/aromatic N) is 2. The second-order valence-corrected chi connectivity index (χ2v) is 7.97. The first kappa shape index (κ1) is 19.1. The lowest BCUT2D eigenvalue weighted by atomic mass is 9.87. The molecule has 0 bridgehead atoms. The van der Waals surface area contributed by atoms with Crippen LogP contribution in [0.25, 0.3) is 0 Å². The van der Waals surface area contributed by atoms with Crippen molar-refractivity contribution in [1.82, 2.24) is 15.5 Å². The number of carbonyl (C=O) groups excluding carboxylic acids is 2. The summed E-state index contributed by atoms with van der Waals surface area (Å²) in [4.78, 5) is 29.3. The minimum Gasteiger partial charge on any atom is -0.495 e. The number of ether oxygens (including phenoxy) is 1. The number of piperazine rings is 2. The molecule has 2 saturated heterocycles.